The van der Waals surface area contributed by atoms with Gasteiger partial charge >= 0.3 is 6.09 Å². The van der Waals surface area contributed by atoms with E-state index in [4.69, 9.17) is 4.74 Å². The van der Waals surface area contributed by atoms with Crippen molar-refractivity contribution in [3.05, 3.63) is 35.9 Å². The van der Waals surface area contributed by atoms with Crippen molar-refractivity contribution < 1.29 is 14.3 Å². The normalized spacial score (nSPS) is 28.4. The van der Waals surface area contributed by atoms with Crippen molar-refractivity contribution in [1.82, 2.24) is 10.2 Å². The van der Waals surface area contributed by atoms with Gasteiger partial charge in [-0.25, -0.2) is 4.79 Å². The lowest BCUT2D eigenvalue weighted by Gasteiger charge is -2.25. The van der Waals surface area contributed by atoms with Crippen LogP contribution < -0.4 is 5.32 Å². The van der Waals surface area contributed by atoms with Gasteiger partial charge in [0.2, 0.25) is 5.91 Å². The zero-order chi connectivity index (χ0) is 13.4. The van der Waals surface area contributed by atoms with Crippen molar-refractivity contribution >= 4 is 12.0 Å². The fraction of sp³-hybridized carbons (Fsp3) is 0.429. The fourth-order valence-corrected chi connectivity index (χ4v) is 2.81. The number of nitrogens with zero attached hydrogens (tertiary/aromatic N) is 1. The Balaban J connectivity index is 1.61. The molecule has 2 saturated heterocycles. The van der Waals surface area contributed by atoms with E-state index >= 15 is 0 Å². The molecular weight excluding hydrogens is 244 g/mol. The van der Waals surface area contributed by atoms with Crippen molar-refractivity contribution in [3.63, 3.8) is 0 Å². The molecule has 2 fully saturated rings. The Morgan fingerprint density at radius 3 is 2.79 bits per heavy atom. The molecule has 5 nitrogen and oxygen atoms in total. The van der Waals surface area contributed by atoms with Gasteiger partial charge in [-0.05, 0) is 5.56 Å². The van der Waals surface area contributed by atoms with E-state index in [1.165, 1.54) is 4.90 Å². The number of carbonyl (C=O) groups excluding carboxylic acids is 2. The third-order valence-corrected chi connectivity index (χ3v) is 3.90. The van der Waals surface area contributed by atoms with Gasteiger partial charge in [-0.1, -0.05) is 37.3 Å². The minimum atomic E-state index is -0.405. The van der Waals surface area contributed by atoms with Gasteiger partial charge in [0.05, 0.1) is 6.04 Å². The molecule has 3 atom stereocenters. The Morgan fingerprint density at radius 1 is 1.42 bits per heavy atom. The van der Waals surface area contributed by atoms with Crippen molar-refractivity contribution in [2.24, 2.45) is 5.92 Å². The number of fused-ring (bicyclic) bond motifs is 2. The van der Waals surface area contributed by atoms with Crippen LogP contribution in [0.5, 0.6) is 0 Å². The number of hydrogen-bond donors (Lipinski definition) is 1. The molecule has 3 unspecified atom stereocenters. The van der Waals surface area contributed by atoms with E-state index in [-0.39, 0.29) is 30.5 Å². The van der Waals surface area contributed by atoms with Crippen LogP contribution in [0.15, 0.2) is 30.3 Å². The lowest BCUT2D eigenvalue weighted by atomic mass is 10.0. The second-order valence-electron chi connectivity index (χ2n) is 5.11. The van der Waals surface area contributed by atoms with Gasteiger partial charge < -0.3 is 10.1 Å². The largest absolute Gasteiger partial charge is 0.445 e. The summed E-state index contributed by atoms with van der Waals surface area (Å²) in [6.45, 7) is 2.77. The maximum Gasteiger partial charge on any atom is 0.410 e. The second kappa shape index (κ2) is 4.57. The molecule has 5 heteroatoms. The monoisotopic (exact) mass is 260 g/mol. The van der Waals surface area contributed by atoms with Crippen LogP contribution in [0.3, 0.4) is 0 Å². The van der Waals surface area contributed by atoms with Gasteiger partial charge in [0.1, 0.15) is 12.6 Å². The number of nitrogens with one attached hydrogen (secondary N) is 1. The molecule has 1 aromatic carbocycles. The summed E-state index contributed by atoms with van der Waals surface area (Å²) in [6.07, 6.45) is -0.405. The SMILES string of the molecule is CC1C2CN(C(=O)OCc3ccccc3)C1C(=O)N2. The average molecular weight is 260 g/mol. The van der Waals surface area contributed by atoms with E-state index in [9.17, 15) is 9.59 Å². The molecule has 1 aromatic rings. The molecule has 19 heavy (non-hydrogen) atoms. The van der Waals surface area contributed by atoms with Gasteiger partial charge in [0.25, 0.3) is 0 Å². The number of likely N-dealkylation sites (tertiary alicyclic amines) is 1. The number of ether oxygens (including phenoxy) is 1. The first-order valence-electron chi connectivity index (χ1n) is 6.44. The van der Waals surface area contributed by atoms with Crippen molar-refractivity contribution in [1.29, 1.82) is 0 Å². The molecule has 3 rings (SSSR count). The Kier molecular flexibility index (Phi) is 2.89. The number of piperazine rings is 1. The maximum absolute atomic E-state index is 12.0. The van der Waals surface area contributed by atoms with Crippen LogP contribution in [-0.2, 0) is 16.1 Å². The predicted molar refractivity (Wildman–Crippen MR) is 68.2 cm³/mol. The minimum absolute atomic E-state index is 0.0691. The van der Waals surface area contributed by atoms with Crippen LogP contribution in [0.2, 0.25) is 0 Å². The lowest BCUT2D eigenvalue weighted by molar-refractivity contribution is -0.125. The topological polar surface area (TPSA) is 58.6 Å². The summed E-state index contributed by atoms with van der Waals surface area (Å²) in [4.78, 5) is 25.2. The zero-order valence-corrected chi connectivity index (χ0v) is 10.7. The molecule has 0 spiro atoms. The molecule has 0 aliphatic carbocycles. The van der Waals surface area contributed by atoms with Crippen LogP contribution in [-0.4, -0.2) is 35.5 Å². The Morgan fingerprint density at radius 2 is 2.16 bits per heavy atom. The van der Waals surface area contributed by atoms with Crippen molar-refractivity contribution in [2.45, 2.75) is 25.6 Å². The highest BCUT2D eigenvalue weighted by Crippen LogP contribution is 2.30. The summed E-state index contributed by atoms with van der Waals surface area (Å²) >= 11 is 0. The van der Waals surface area contributed by atoms with Crippen LogP contribution in [0, 0.1) is 5.92 Å². The number of amides is 2. The van der Waals surface area contributed by atoms with E-state index in [0.29, 0.717) is 6.54 Å². The van der Waals surface area contributed by atoms with E-state index in [1.54, 1.807) is 0 Å². The van der Waals surface area contributed by atoms with E-state index in [2.05, 4.69) is 5.32 Å². The van der Waals surface area contributed by atoms with Gasteiger partial charge in [0, 0.05) is 12.5 Å². The lowest BCUT2D eigenvalue weighted by Crippen LogP contribution is -2.50. The molecule has 2 bridgehead atoms. The Bertz CT molecular complexity index is 503. The molecule has 2 amide bonds. The fourth-order valence-electron chi connectivity index (χ4n) is 2.81. The first-order chi connectivity index (χ1) is 9.16. The third-order valence-electron chi connectivity index (χ3n) is 3.90. The van der Waals surface area contributed by atoms with E-state index < -0.39 is 6.09 Å². The standard InChI is InChI=1S/C14H16N2O3/c1-9-11-7-16(12(9)13(17)15-11)14(18)19-8-10-5-3-2-4-6-10/h2-6,9,11-12H,7-8H2,1H3,(H,15,17). The number of benzene rings is 1. The molecule has 0 aromatic heterocycles. The first kappa shape index (κ1) is 12.0. The number of hydrogen-bond acceptors (Lipinski definition) is 3. The van der Waals surface area contributed by atoms with E-state index in [1.807, 2.05) is 37.3 Å². The molecule has 2 aliphatic rings. The predicted octanol–water partition coefficient (Wildman–Crippen LogP) is 1.14. The highest BCUT2D eigenvalue weighted by Gasteiger charge is 2.52. The summed E-state index contributed by atoms with van der Waals surface area (Å²) in [5, 5.41) is 2.87. The molecule has 2 heterocycles. The molecule has 100 valence electrons. The quantitative estimate of drug-likeness (QED) is 0.867. The van der Waals surface area contributed by atoms with Crippen LogP contribution in [0.25, 0.3) is 0 Å². The molecular formula is C14H16N2O3. The highest BCUT2D eigenvalue weighted by molar-refractivity contribution is 5.90. The second-order valence-corrected chi connectivity index (χ2v) is 5.11. The summed E-state index contributed by atoms with van der Waals surface area (Å²) in [7, 11) is 0. The zero-order valence-electron chi connectivity index (χ0n) is 10.7. The molecule has 0 saturated carbocycles. The summed E-state index contributed by atoms with van der Waals surface area (Å²) in [5.41, 5.74) is 0.942. The summed E-state index contributed by atoms with van der Waals surface area (Å²) in [6, 6.07) is 9.22. The van der Waals surface area contributed by atoms with Gasteiger partial charge in [-0.3, -0.25) is 9.69 Å². The van der Waals surface area contributed by atoms with Gasteiger partial charge in [-0.15, -0.1) is 0 Å². The molecule has 0 radical (unpaired) electrons. The van der Waals surface area contributed by atoms with Gasteiger partial charge in [0.15, 0.2) is 0 Å². The average Bonchev–Trinajstić information content (AvgIpc) is 2.88. The maximum atomic E-state index is 12.0. The molecule has 1 N–H and O–H groups in total. The van der Waals surface area contributed by atoms with E-state index in [0.717, 1.165) is 5.56 Å². The number of rotatable bonds is 2. The van der Waals surface area contributed by atoms with Gasteiger partial charge in [-0.2, -0.15) is 0 Å². The Hall–Kier alpha value is -2.04. The smallest absolute Gasteiger partial charge is 0.410 e. The summed E-state index contributed by atoms with van der Waals surface area (Å²) < 4.78 is 5.27. The minimum Gasteiger partial charge on any atom is -0.445 e. The summed E-state index contributed by atoms with van der Waals surface area (Å²) in [5.74, 6) is 0.0946. The van der Waals surface area contributed by atoms with Crippen LogP contribution in [0.4, 0.5) is 4.79 Å². The number of carbonyl (C=O) groups is 2. The molecule has 2 aliphatic heterocycles. The third kappa shape index (κ3) is 2.05. The first-order valence-corrected chi connectivity index (χ1v) is 6.44. The van der Waals surface area contributed by atoms with Crippen LogP contribution in [0.1, 0.15) is 12.5 Å². The van der Waals surface area contributed by atoms with Crippen LogP contribution >= 0.6 is 0 Å². The van der Waals surface area contributed by atoms with Crippen molar-refractivity contribution in [3.8, 4) is 0 Å². The van der Waals surface area contributed by atoms with Crippen molar-refractivity contribution in [2.75, 3.05) is 6.54 Å². The Labute approximate surface area is 111 Å². The highest BCUT2D eigenvalue weighted by atomic mass is 16.6.